The summed E-state index contributed by atoms with van der Waals surface area (Å²) in [5.74, 6) is 0.195. The minimum Gasteiger partial charge on any atom is -0.408 e. The molecule has 2 aliphatic heterocycles. The second-order valence-electron chi connectivity index (χ2n) is 9.98. The average molecular weight is 499 g/mol. The fourth-order valence-electron chi connectivity index (χ4n) is 5.42. The molecule has 0 saturated carbocycles. The normalized spacial score (nSPS) is 25.0. The van der Waals surface area contributed by atoms with Gasteiger partial charge in [0.25, 0.3) is 0 Å². The molecule has 1 aromatic heterocycles. The summed E-state index contributed by atoms with van der Waals surface area (Å²) in [7, 11) is 0. The predicted octanol–water partition coefficient (Wildman–Crippen LogP) is 4.67. The number of aromatic nitrogens is 1. The number of nitrogens with zero attached hydrogens (tertiary/aromatic N) is 2. The zero-order valence-corrected chi connectivity index (χ0v) is 20.9. The van der Waals surface area contributed by atoms with E-state index < -0.39 is 11.4 Å². The van der Waals surface area contributed by atoms with E-state index in [9.17, 15) is 9.59 Å². The number of carbonyl (C=O) groups excluding carboxylic acids is 1. The number of fused-ring (bicyclic) bond motifs is 1. The number of halogens is 1. The number of ether oxygens (including phenoxy) is 2. The van der Waals surface area contributed by atoms with Gasteiger partial charge in [0.05, 0.1) is 31.4 Å². The van der Waals surface area contributed by atoms with E-state index in [1.54, 1.807) is 18.2 Å². The third kappa shape index (κ3) is 4.90. The first-order chi connectivity index (χ1) is 16.8. The average Bonchev–Trinajstić information content (AvgIpc) is 3.16. The third-order valence-corrected chi connectivity index (χ3v) is 7.52. The molecule has 7 nitrogen and oxygen atoms in total. The summed E-state index contributed by atoms with van der Waals surface area (Å²) in [6.45, 7) is 6.63. The highest BCUT2D eigenvalue weighted by atomic mass is 35.5. The van der Waals surface area contributed by atoms with Crippen molar-refractivity contribution in [2.75, 3.05) is 26.3 Å². The van der Waals surface area contributed by atoms with Crippen molar-refractivity contribution in [3.63, 3.8) is 0 Å². The van der Waals surface area contributed by atoms with Crippen LogP contribution < -0.4 is 5.76 Å². The molecular weight excluding hydrogens is 468 g/mol. The molecule has 35 heavy (non-hydrogen) atoms. The number of hydrogen-bond donors (Lipinski definition) is 0. The summed E-state index contributed by atoms with van der Waals surface area (Å²) in [5, 5.41) is 0.497. The van der Waals surface area contributed by atoms with E-state index in [0.717, 1.165) is 6.42 Å². The molecule has 3 heterocycles. The third-order valence-electron chi connectivity index (χ3n) is 7.29. The van der Waals surface area contributed by atoms with Crippen LogP contribution in [0, 0.1) is 11.8 Å². The molecule has 2 fully saturated rings. The lowest BCUT2D eigenvalue weighted by molar-refractivity contribution is -0.211. The van der Waals surface area contributed by atoms with Crippen LogP contribution in [0.1, 0.15) is 38.4 Å². The smallest absolute Gasteiger partial charge is 0.408 e. The van der Waals surface area contributed by atoms with E-state index in [2.05, 4.69) is 26.0 Å². The second kappa shape index (κ2) is 9.80. The molecule has 3 atom stereocenters. The second-order valence-corrected chi connectivity index (χ2v) is 10.4. The van der Waals surface area contributed by atoms with E-state index in [1.807, 2.05) is 23.1 Å². The van der Waals surface area contributed by atoms with Crippen molar-refractivity contribution in [1.82, 2.24) is 9.47 Å². The molecule has 0 radical (unpaired) electrons. The van der Waals surface area contributed by atoms with Crippen molar-refractivity contribution in [2.24, 2.45) is 11.8 Å². The fourth-order valence-corrected chi connectivity index (χ4v) is 5.58. The number of morpholine rings is 1. The zero-order valence-electron chi connectivity index (χ0n) is 20.1. The maximum Gasteiger partial charge on any atom is 0.419 e. The summed E-state index contributed by atoms with van der Waals surface area (Å²) in [6, 6.07) is 15.4. The Morgan fingerprint density at radius 2 is 2.00 bits per heavy atom. The Kier molecular flexibility index (Phi) is 6.75. The highest BCUT2D eigenvalue weighted by Crippen LogP contribution is 2.44. The SMILES string of the molecule is CC(C)[C@@H]1C[C@@]2(CO[C@H]1c1ccccc1)CN(C(=O)CCn1c(=O)oc3cc(Cl)ccc31)CCO2. The van der Waals surface area contributed by atoms with Crippen LogP contribution in [-0.4, -0.2) is 47.3 Å². The van der Waals surface area contributed by atoms with Crippen molar-refractivity contribution < 1.29 is 18.7 Å². The topological polar surface area (TPSA) is 73.9 Å². The first-order valence-corrected chi connectivity index (χ1v) is 12.6. The van der Waals surface area contributed by atoms with Gasteiger partial charge in [0.1, 0.15) is 5.60 Å². The van der Waals surface area contributed by atoms with Crippen molar-refractivity contribution >= 4 is 28.6 Å². The van der Waals surface area contributed by atoms with Crippen LogP contribution in [0.5, 0.6) is 0 Å². The molecule has 8 heteroatoms. The van der Waals surface area contributed by atoms with Crippen LogP contribution in [0.25, 0.3) is 11.1 Å². The quantitative estimate of drug-likeness (QED) is 0.511. The van der Waals surface area contributed by atoms with Gasteiger partial charge in [0.15, 0.2) is 5.58 Å². The lowest BCUT2D eigenvalue weighted by Crippen LogP contribution is -2.59. The Morgan fingerprint density at radius 1 is 1.20 bits per heavy atom. The van der Waals surface area contributed by atoms with Crippen LogP contribution in [0.2, 0.25) is 5.02 Å². The molecule has 2 aromatic carbocycles. The molecular formula is C27H31ClN2O5. The van der Waals surface area contributed by atoms with Crippen LogP contribution in [0.3, 0.4) is 0 Å². The van der Waals surface area contributed by atoms with E-state index in [1.165, 1.54) is 10.1 Å². The van der Waals surface area contributed by atoms with Crippen molar-refractivity contribution in [2.45, 2.75) is 44.9 Å². The van der Waals surface area contributed by atoms with Gasteiger partial charge in [-0.1, -0.05) is 55.8 Å². The fraction of sp³-hybridized carbons (Fsp3) is 0.481. The van der Waals surface area contributed by atoms with Gasteiger partial charge in [0, 0.05) is 30.6 Å². The maximum atomic E-state index is 13.2. The van der Waals surface area contributed by atoms with Crippen LogP contribution in [0.15, 0.2) is 57.7 Å². The van der Waals surface area contributed by atoms with Gasteiger partial charge in [-0.05, 0) is 36.0 Å². The Labute approximate surface area is 209 Å². The van der Waals surface area contributed by atoms with Crippen molar-refractivity contribution in [3.8, 4) is 0 Å². The van der Waals surface area contributed by atoms with Crippen LogP contribution in [0.4, 0.5) is 0 Å². The van der Waals surface area contributed by atoms with Crippen molar-refractivity contribution in [3.05, 3.63) is 69.7 Å². The predicted molar refractivity (Wildman–Crippen MR) is 133 cm³/mol. The summed E-state index contributed by atoms with van der Waals surface area (Å²) in [4.78, 5) is 27.4. The molecule has 2 aliphatic rings. The van der Waals surface area contributed by atoms with Gasteiger partial charge in [-0.25, -0.2) is 4.79 Å². The Morgan fingerprint density at radius 3 is 2.77 bits per heavy atom. The summed E-state index contributed by atoms with van der Waals surface area (Å²) >= 11 is 6.00. The Balaban J connectivity index is 1.27. The maximum absolute atomic E-state index is 13.2. The largest absolute Gasteiger partial charge is 0.419 e. The number of carbonyl (C=O) groups is 1. The molecule has 2 saturated heterocycles. The summed E-state index contributed by atoms with van der Waals surface area (Å²) < 4.78 is 19.5. The molecule has 3 aromatic rings. The summed E-state index contributed by atoms with van der Waals surface area (Å²) in [5.41, 5.74) is 1.73. The highest BCUT2D eigenvalue weighted by Gasteiger charge is 2.47. The number of amides is 1. The lowest BCUT2D eigenvalue weighted by atomic mass is 9.75. The standard InChI is InChI=1S/C27H31ClN2O5/c1-18(2)21-15-27(17-33-25(21)19-6-4-3-5-7-19)16-29(12-13-34-27)24(31)10-11-30-22-9-8-20(28)14-23(22)35-26(30)32/h3-9,14,18,21,25H,10-13,15-17H2,1-2H3/t21-,25-,27-/m0/s1. The minimum atomic E-state index is -0.510. The molecule has 0 N–H and O–H groups in total. The highest BCUT2D eigenvalue weighted by molar-refractivity contribution is 6.31. The van der Waals surface area contributed by atoms with Crippen LogP contribution >= 0.6 is 11.6 Å². The lowest BCUT2D eigenvalue weighted by Gasteiger charge is -2.50. The van der Waals surface area contributed by atoms with Gasteiger partial charge >= 0.3 is 5.76 Å². The van der Waals surface area contributed by atoms with E-state index in [-0.39, 0.29) is 30.9 Å². The molecule has 1 amide bonds. The van der Waals surface area contributed by atoms with Gasteiger partial charge in [-0.3, -0.25) is 9.36 Å². The molecule has 1 spiro atoms. The Hall–Kier alpha value is -2.61. The van der Waals surface area contributed by atoms with Crippen molar-refractivity contribution in [1.29, 1.82) is 0 Å². The Bertz CT molecular complexity index is 1250. The van der Waals surface area contributed by atoms with Gasteiger partial charge in [-0.15, -0.1) is 0 Å². The summed E-state index contributed by atoms with van der Waals surface area (Å²) in [6.07, 6.45) is 1.06. The molecule has 0 unspecified atom stereocenters. The first-order valence-electron chi connectivity index (χ1n) is 12.2. The monoisotopic (exact) mass is 498 g/mol. The first kappa shape index (κ1) is 24.1. The van der Waals surface area contributed by atoms with Gasteiger partial charge < -0.3 is 18.8 Å². The van der Waals surface area contributed by atoms with E-state index in [0.29, 0.717) is 48.3 Å². The molecule has 0 bridgehead atoms. The number of hydrogen-bond acceptors (Lipinski definition) is 5. The number of rotatable bonds is 5. The number of oxazole rings is 1. The number of aryl methyl sites for hydroxylation is 1. The van der Waals surface area contributed by atoms with E-state index >= 15 is 0 Å². The molecule has 0 aliphatic carbocycles. The van der Waals surface area contributed by atoms with Gasteiger partial charge in [0.2, 0.25) is 5.91 Å². The minimum absolute atomic E-state index is 0.00540. The number of benzene rings is 2. The van der Waals surface area contributed by atoms with Crippen LogP contribution in [-0.2, 0) is 20.8 Å². The van der Waals surface area contributed by atoms with Gasteiger partial charge in [-0.2, -0.15) is 0 Å². The van der Waals surface area contributed by atoms with E-state index in [4.69, 9.17) is 25.5 Å². The zero-order chi connectivity index (χ0) is 24.6. The molecule has 186 valence electrons. The molecule has 5 rings (SSSR count).